The summed E-state index contributed by atoms with van der Waals surface area (Å²) >= 11 is 0. The molecule has 64 valence electrons. The predicted molar refractivity (Wildman–Crippen MR) is 48.1 cm³/mol. The zero-order chi connectivity index (χ0) is 8.72. The number of hydrogen-bond donors (Lipinski definition) is 2. The topological polar surface area (TPSA) is 46.2 Å². The summed E-state index contributed by atoms with van der Waals surface area (Å²) in [5, 5.41) is 9.57. The average Bonchev–Trinajstić information content (AvgIpc) is 2.33. The van der Waals surface area contributed by atoms with Crippen LogP contribution in [0.15, 0.2) is 12.1 Å². The van der Waals surface area contributed by atoms with E-state index in [0.717, 1.165) is 29.5 Å². The lowest BCUT2D eigenvalue weighted by Gasteiger charge is -2.07. The van der Waals surface area contributed by atoms with Crippen LogP contribution < -0.4 is 5.73 Å². The van der Waals surface area contributed by atoms with Gasteiger partial charge in [0.15, 0.2) is 0 Å². The Labute approximate surface area is 72.0 Å². The van der Waals surface area contributed by atoms with Gasteiger partial charge in [-0.2, -0.15) is 0 Å². The zero-order valence-corrected chi connectivity index (χ0v) is 7.17. The number of benzene rings is 1. The molecule has 0 heterocycles. The first-order valence-corrected chi connectivity index (χ1v) is 4.26. The lowest BCUT2D eigenvalue weighted by Crippen LogP contribution is -2.05. The molecule has 0 amide bonds. The van der Waals surface area contributed by atoms with Crippen molar-refractivity contribution in [1.82, 2.24) is 0 Å². The largest absolute Gasteiger partial charge is 0.508 e. The summed E-state index contributed by atoms with van der Waals surface area (Å²) < 4.78 is 0. The van der Waals surface area contributed by atoms with Crippen molar-refractivity contribution in [3.8, 4) is 5.75 Å². The van der Waals surface area contributed by atoms with E-state index in [2.05, 4.69) is 6.07 Å². The molecule has 3 N–H and O–H groups in total. The number of aryl methyl sites for hydroxylation is 1. The van der Waals surface area contributed by atoms with Crippen LogP contribution in [0.3, 0.4) is 0 Å². The van der Waals surface area contributed by atoms with Crippen LogP contribution in [0.4, 0.5) is 0 Å². The molecule has 2 rings (SSSR count). The van der Waals surface area contributed by atoms with Crippen LogP contribution >= 0.6 is 0 Å². The summed E-state index contributed by atoms with van der Waals surface area (Å²) in [6.45, 7) is 1.98. The Bertz CT molecular complexity index is 320. The van der Waals surface area contributed by atoms with Gasteiger partial charge in [0, 0.05) is 6.04 Å². The number of aromatic hydroxyl groups is 1. The lowest BCUT2D eigenvalue weighted by atomic mass is 10.0. The lowest BCUT2D eigenvalue weighted by molar-refractivity contribution is 0.468. The second kappa shape index (κ2) is 2.49. The van der Waals surface area contributed by atoms with Gasteiger partial charge in [0.25, 0.3) is 0 Å². The third kappa shape index (κ3) is 0.994. The molecule has 0 aliphatic heterocycles. The average molecular weight is 163 g/mol. The number of phenols is 1. The maximum absolute atomic E-state index is 9.57. The van der Waals surface area contributed by atoms with Crippen LogP contribution in [0.25, 0.3) is 0 Å². The maximum atomic E-state index is 9.57. The van der Waals surface area contributed by atoms with Crippen LogP contribution in [-0.2, 0) is 6.42 Å². The minimum atomic E-state index is 0.130. The number of fused-ring (bicyclic) bond motifs is 1. The van der Waals surface area contributed by atoms with E-state index in [4.69, 9.17) is 5.73 Å². The summed E-state index contributed by atoms with van der Waals surface area (Å²) in [5.74, 6) is 0.415. The molecule has 1 aliphatic carbocycles. The molecule has 1 aliphatic rings. The smallest absolute Gasteiger partial charge is 0.119 e. The van der Waals surface area contributed by atoms with E-state index in [1.165, 1.54) is 0 Å². The van der Waals surface area contributed by atoms with E-state index in [1.54, 1.807) is 6.07 Å². The number of nitrogens with two attached hydrogens (primary N) is 1. The Morgan fingerprint density at radius 1 is 1.50 bits per heavy atom. The fourth-order valence-electron chi connectivity index (χ4n) is 1.88. The Morgan fingerprint density at radius 3 is 3.00 bits per heavy atom. The van der Waals surface area contributed by atoms with Crippen molar-refractivity contribution in [3.63, 3.8) is 0 Å². The van der Waals surface area contributed by atoms with Crippen LogP contribution in [0.5, 0.6) is 5.75 Å². The van der Waals surface area contributed by atoms with Crippen LogP contribution in [0.2, 0.25) is 0 Å². The predicted octanol–water partition coefficient (Wildman–Crippen LogP) is 1.65. The molecule has 0 spiro atoms. The van der Waals surface area contributed by atoms with E-state index < -0.39 is 0 Å². The SMILES string of the molecule is Cc1cc(O)c2c(c1)[C@@H](N)CC2. The van der Waals surface area contributed by atoms with Gasteiger partial charge in [0.05, 0.1) is 0 Å². The first kappa shape index (κ1) is 7.62. The second-order valence-electron chi connectivity index (χ2n) is 3.50. The maximum Gasteiger partial charge on any atom is 0.119 e. The highest BCUT2D eigenvalue weighted by atomic mass is 16.3. The van der Waals surface area contributed by atoms with Crippen molar-refractivity contribution in [3.05, 3.63) is 28.8 Å². The standard InChI is InChI=1S/C10H13NO/c1-6-4-8-7(10(12)5-6)2-3-9(8)11/h4-5,9,12H,2-3,11H2,1H3/t9-/m0/s1. The van der Waals surface area contributed by atoms with E-state index in [0.29, 0.717) is 5.75 Å². The molecule has 2 heteroatoms. The summed E-state index contributed by atoms with van der Waals surface area (Å²) in [7, 11) is 0. The highest BCUT2D eigenvalue weighted by molar-refractivity contribution is 5.46. The van der Waals surface area contributed by atoms with Crippen molar-refractivity contribution in [2.75, 3.05) is 0 Å². The molecule has 0 unspecified atom stereocenters. The van der Waals surface area contributed by atoms with Gasteiger partial charge in [-0.05, 0) is 42.5 Å². The summed E-state index contributed by atoms with van der Waals surface area (Å²) in [6.07, 6.45) is 1.88. The van der Waals surface area contributed by atoms with Crippen molar-refractivity contribution in [2.45, 2.75) is 25.8 Å². The number of phenolic OH excluding ortho intramolecular Hbond substituents is 1. The van der Waals surface area contributed by atoms with E-state index in [-0.39, 0.29) is 6.04 Å². The van der Waals surface area contributed by atoms with Crippen molar-refractivity contribution >= 4 is 0 Å². The molecule has 12 heavy (non-hydrogen) atoms. The van der Waals surface area contributed by atoms with Crippen molar-refractivity contribution in [2.24, 2.45) is 5.73 Å². The second-order valence-corrected chi connectivity index (χ2v) is 3.50. The summed E-state index contributed by atoms with van der Waals surface area (Å²) in [6, 6.07) is 4.01. The molecule has 0 bridgehead atoms. The minimum absolute atomic E-state index is 0.130. The van der Waals surface area contributed by atoms with Gasteiger partial charge in [-0.1, -0.05) is 6.07 Å². The highest BCUT2D eigenvalue weighted by Gasteiger charge is 2.21. The van der Waals surface area contributed by atoms with E-state index in [1.807, 2.05) is 6.92 Å². The van der Waals surface area contributed by atoms with Gasteiger partial charge in [-0.15, -0.1) is 0 Å². The molecule has 0 saturated carbocycles. The third-order valence-electron chi connectivity index (χ3n) is 2.51. The molecular formula is C10H13NO. The molecule has 0 fully saturated rings. The fraction of sp³-hybridized carbons (Fsp3) is 0.400. The molecule has 2 nitrogen and oxygen atoms in total. The Kier molecular flexibility index (Phi) is 1.58. The van der Waals surface area contributed by atoms with Crippen molar-refractivity contribution < 1.29 is 5.11 Å². The first-order chi connectivity index (χ1) is 5.68. The summed E-state index contributed by atoms with van der Waals surface area (Å²) in [4.78, 5) is 0. The first-order valence-electron chi connectivity index (χ1n) is 4.26. The van der Waals surface area contributed by atoms with Crippen LogP contribution in [0.1, 0.15) is 29.2 Å². The fourth-order valence-corrected chi connectivity index (χ4v) is 1.88. The highest BCUT2D eigenvalue weighted by Crippen LogP contribution is 2.35. The number of rotatable bonds is 0. The van der Waals surface area contributed by atoms with Gasteiger partial charge >= 0.3 is 0 Å². The van der Waals surface area contributed by atoms with Crippen LogP contribution in [0, 0.1) is 6.92 Å². The number of hydrogen-bond acceptors (Lipinski definition) is 2. The minimum Gasteiger partial charge on any atom is -0.508 e. The molecular weight excluding hydrogens is 150 g/mol. The molecule has 0 saturated heterocycles. The van der Waals surface area contributed by atoms with Gasteiger partial charge in [-0.3, -0.25) is 0 Å². The van der Waals surface area contributed by atoms with E-state index >= 15 is 0 Å². The van der Waals surface area contributed by atoms with Crippen LogP contribution in [-0.4, -0.2) is 5.11 Å². The van der Waals surface area contributed by atoms with Gasteiger partial charge in [-0.25, -0.2) is 0 Å². The Hall–Kier alpha value is -1.02. The van der Waals surface area contributed by atoms with Crippen molar-refractivity contribution in [1.29, 1.82) is 0 Å². The molecule has 0 radical (unpaired) electrons. The molecule has 1 aromatic carbocycles. The molecule has 0 aromatic heterocycles. The van der Waals surface area contributed by atoms with Gasteiger partial charge in [0.1, 0.15) is 5.75 Å². The normalized spacial score (nSPS) is 21.0. The third-order valence-corrected chi connectivity index (χ3v) is 2.51. The Morgan fingerprint density at radius 2 is 2.25 bits per heavy atom. The molecule has 1 atom stereocenters. The Balaban J connectivity index is 2.60. The van der Waals surface area contributed by atoms with Gasteiger partial charge < -0.3 is 10.8 Å². The van der Waals surface area contributed by atoms with Gasteiger partial charge in [0.2, 0.25) is 0 Å². The summed E-state index contributed by atoms with van der Waals surface area (Å²) in [5.41, 5.74) is 9.14. The monoisotopic (exact) mass is 163 g/mol. The zero-order valence-electron chi connectivity index (χ0n) is 7.17. The quantitative estimate of drug-likeness (QED) is 0.610. The molecule has 1 aromatic rings. The van der Waals surface area contributed by atoms with E-state index in [9.17, 15) is 5.11 Å².